The predicted molar refractivity (Wildman–Crippen MR) is 73.7 cm³/mol. The van der Waals surface area contributed by atoms with E-state index in [4.69, 9.17) is 4.74 Å². The van der Waals surface area contributed by atoms with E-state index in [1.165, 1.54) is 24.8 Å². The van der Waals surface area contributed by atoms with Crippen molar-refractivity contribution in [1.82, 2.24) is 5.32 Å². The molecular formula is C15H25NO. The first kappa shape index (κ1) is 14.0. The van der Waals surface area contributed by atoms with Crippen molar-refractivity contribution in [2.75, 3.05) is 13.7 Å². The van der Waals surface area contributed by atoms with Crippen LogP contribution in [0.2, 0.25) is 0 Å². The van der Waals surface area contributed by atoms with Gasteiger partial charge in [-0.1, -0.05) is 25.1 Å². The third-order valence-corrected chi connectivity index (χ3v) is 3.02. The highest BCUT2D eigenvalue weighted by Crippen LogP contribution is 2.19. The van der Waals surface area contributed by atoms with Crippen LogP contribution in [-0.4, -0.2) is 19.7 Å². The Balaban J connectivity index is 2.30. The molecule has 96 valence electrons. The molecule has 1 N–H and O–H groups in total. The lowest BCUT2D eigenvalue weighted by Gasteiger charge is -2.13. The van der Waals surface area contributed by atoms with Gasteiger partial charge in [0.1, 0.15) is 5.75 Å². The van der Waals surface area contributed by atoms with E-state index in [0.29, 0.717) is 6.04 Å². The molecule has 0 spiro atoms. The molecule has 1 rings (SSSR count). The maximum absolute atomic E-state index is 5.35. The summed E-state index contributed by atoms with van der Waals surface area (Å²) in [4.78, 5) is 0. The molecular weight excluding hydrogens is 210 g/mol. The first-order valence-electron chi connectivity index (χ1n) is 6.63. The Bertz CT molecular complexity index is 312. The number of hydrogen-bond donors (Lipinski definition) is 1. The van der Waals surface area contributed by atoms with Crippen molar-refractivity contribution in [3.05, 3.63) is 29.8 Å². The monoisotopic (exact) mass is 235 g/mol. The first-order valence-corrected chi connectivity index (χ1v) is 6.63. The summed E-state index contributed by atoms with van der Waals surface area (Å²) < 4.78 is 5.35. The Morgan fingerprint density at radius 1 is 1.29 bits per heavy atom. The summed E-state index contributed by atoms with van der Waals surface area (Å²) in [5.74, 6) is 1.02. The van der Waals surface area contributed by atoms with Crippen LogP contribution in [0.5, 0.6) is 5.75 Å². The smallest absolute Gasteiger partial charge is 0.122 e. The number of methoxy groups -OCH3 is 1. The molecule has 0 bridgehead atoms. The standard InChI is InChI=1S/C15H25NO/c1-4-12-16-13(2)8-7-10-14-9-5-6-11-15(14)17-3/h5-6,9,11,13,16H,4,7-8,10,12H2,1-3H3. The fraction of sp³-hybridized carbons (Fsp3) is 0.600. The third kappa shape index (κ3) is 5.22. The van der Waals surface area contributed by atoms with E-state index in [1.807, 2.05) is 12.1 Å². The topological polar surface area (TPSA) is 21.3 Å². The van der Waals surface area contributed by atoms with E-state index in [9.17, 15) is 0 Å². The summed E-state index contributed by atoms with van der Waals surface area (Å²) in [5.41, 5.74) is 1.32. The largest absolute Gasteiger partial charge is 0.496 e. The minimum absolute atomic E-state index is 0.615. The third-order valence-electron chi connectivity index (χ3n) is 3.02. The number of rotatable bonds is 8. The lowest BCUT2D eigenvalue weighted by atomic mass is 10.0. The van der Waals surface area contributed by atoms with Gasteiger partial charge in [0, 0.05) is 6.04 Å². The van der Waals surface area contributed by atoms with Crippen LogP contribution in [0.15, 0.2) is 24.3 Å². The molecule has 0 saturated heterocycles. The van der Waals surface area contributed by atoms with Crippen molar-refractivity contribution in [2.24, 2.45) is 0 Å². The lowest BCUT2D eigenvalue weighted by Crippen LogP contribution is -2.26. The summed E-state index contributed by atoms with van der Waals surface area (Å²) in [6.07, 6.45) is 4.73. The van der Waals surface area contributed by atoms with E-state index in [1.54, 1.807) is 7.11 Å². The summed E-state index contributed by atoms with van der Waals surface area (Å²) in [5, 5.41) is 3.52. The van der Waals surface area contributed by atoms with E-state index in [-0.39, 0.29) is 0 Å². The number of para-hydroxylation sites is 1. The van der Waals surface area contributed by atoms with Gasteiger partial charge >= 0.3 is 0 Å². The van der Waals surface area contributed by atoms with Gasteiger partial charge in [-0.05, 0) is 50.8 Å². The molecule has 1 aromatic rings. The zero-order chi connectivity index (χ0) is 12.5. The zero-order valence-electron chi connectivity index (χ0n) is 11.3. The average Bonchev–Trinajstić information content (AvgIpc) is 2.37. The molecule has 2 heteroatoms. The van der Waals surface area contributed by atoms with Crippen molar-refractivity contribution in [3.63, 3.8) is 0 Å². The molecule has 0 heterocycles. The minimum atomic E-state index is 0.615. The lowest BCUT2D eigenvalue weighted by molar-refractivity contribution is 0.407. The molecule has 0 aliphatic carbocycles. The number of aryl methyl sites for hydroxylation is 1. The highest BCUT2D eigenvalue weighted by atomic mass is 16.5. The van der Waals surface area contributed by atoms with Crippen molar-refractivity contribution >= 4 is 0 Å². The van der Waals surface area contributed by atoms with Crippen molar-refractivity contribution in [1.29, 1.82) is 0 Å². The van der Waals surface area contributed by atoms with Crippen LogP contribution in [-0.2, 0) is 6.42 Å². The number of hydrogen-bond acceptors (Lipinski definition) is 2. The van der Waals surface area contributed by atoms with E-state index >= 15 is 0 Å². The molecule has 0 aromatic heterocycles. The molecule has 1 aromatic carbocycles. The Morgan fingerprint density at radius 3 is 2.76 bits per heavy atom. The number of benzene rings is 1. The molecule has 17 heavy (non-hydrogen) atoms. The SMILES string of the molecule is CCCNC(C)CCCc1ccccc1OC. The summed E-state index contributed by atoms with van der Waals surface area (Å²) in [6, 6.07) is 8.91. The summed E-state index contributed by atoms with van der Waals surface area (Å²) >= 11 is 0. The van der Waals surface area contributed by atoms with Crippen LogP contribution in [0, 0.1) is 0 Å². The molecule has 0 radical (unpaired) electrons. The second kappa shape index (κ2) is 8.13. The van der Waals surface area contributed by atoms with Gasteiger partial charge in [-0.2, -0.15) is 0 Å². The molecule has 0 amide bonds. The quantitative estimate of drug-likeness (QED) is 0.745. The molecule has 1 atom stereocenters. The summed E-state index contributed by atoms with van der Waals surface area (Å²) in [7, 11) is 1.74. The van der Waals surface area contributed by atoms with Crippen molar-refractivity contribution in [3.8, 4) is 5.75 Å². The van der Waals surface area contributed by atoms with Crippen molar-refractivity contribution in [2.45, 2.75) is 45.6 Å². The Kier molecular flexibility index (Phi) is 6.71. The first-order chi connectivity index (χ1) is 8.27. The molecule has 0 saturated carbocycles. The second-order valence-electron chi connectivity index (χ2n) is 4.56. The van der Waals surface area contributed by atoms with E-state index in [0.717, 1.165) is 18.7 Å². The van der Waals surface area contributed by atoms with Gasteiger partial charge < -0.3 is 10.1 Å². The normalized spacial score (nSPS) is 12.4. The highest BCUT2D eigenvalue weighted by molar-refractivity contribution is 5.33. The van der Waals surface area contributed by atoms with Crippen LogP contribution >= 0.6 is 0 Å². The predicted octanol–water partition coefficient (Wildman–Crippen LogP) is 3.41. The van der Waals surface area contributed by atoms with Gasteiger partial charge in [-0.3, -0.25) is 0 Å². The van der Waals surface area contributed by atoms with Crippen LogP contribution in [0.1, 0.15) is 38.7 Å². The van der Waals surface area contributed by atoms with E-state index in [2.05, 4.69) is 31.3 Å². The Morgan fingerprint density at radius 2 is 2.06 bits per heavy atom. The minimum Gasteiger partial charge on any atom is -0.496 e. The number of nitrogens with one attached hydrogen (secondary N) is 1. The Hall–Kier alpha value is -1.02. The highest BCUT2D eigenvalue weighted by Gasteiger charge is 2.04. The van der Waals surface area contributed by atoms with Gasteiger partial charge in [-0.25, -0.2) is 0 Å². The Labute approximate surface area is 105 Å². The fourth-order valence-electron chi connectivity index (χ4n) is 2.00. The van der Waals surface area contributed by atoms with Gasteiger partial charge in [0.15, 0.2) is 0 Å². The van der Waals surface area contributed by atoms with Gasteiger partial charge in [0.05, 0.1) is 7.11 Å². The van der Waals surface area contributed by atoms with Crippen LogP contribution < -0.4 is 10.1 Å². The van der Waals surface area contributed by atoms with Crippen LogP contribution in [0.3, 0.4) is 0 Å². The fourth-order valence-corrected chi connectivity index (χ4v) is 2.00. The zero-order valence-corrected chi connectivity index (χ0v) is 11.3. The molecule has 0 aliphatic rings. The average molecular weight is 235 g/mol. The summed E-state index contributed by atoms with van der Waals surface area (Å²) in [6.45, 7) is 5.59. The van der Waals surface area contributed by atoms with Crippen LogP contribution in [0.25, 0.3) is 0 Å². The van der Waals surface area contributed by atoms with Crippen LogP contribution in [0.4, 0.5) is 0 Å². The van der Waals surface area contributed by atoms with Gasteiger partial charge in [0.2, 0.25) is 0 Å². The van der Waals surface area contributed by atoms with Gasteiger partial charge in [-0.15, -0.1) is 0 Å². The number of ether oxygens (including phenoxy) is 1. The maximum Gasteiger partial charge on any atom is 0.122 e. The molecule has 0 aliphatic heterocycles. The maximum atomic E-state index is 5.35. The van der Waals surface area contributed by atoms with Crippen molar-refractivity contribution < 1.29 is 4.74 Å². The van der Waals surface area contributed by atoms with Gasteiger partial charge in [0.25, 0.3) is 0 Å². The second-order valence-corrected chi connectivity index (χ2v) is 4.56. The molecule has 1 unspecified atom stereocenters. The molecule has 2 nitrogen and oxygen atoms in total. The van der Waals surface area contributed by atoms with E-state index < -0.39 is 0 Å². The molecule has 0 fully saturated rings.